The third-order valence-electron chi connectivity index (χ3n) is 4.80. The van der Waals surface area contributed by atoms with E-state index in [2.05, 4.69) is 34.1 Å². The molecular weight excluding hydrogens is 337 g/mol. The van der Waals surface area contributed by atoms with Gasteiger partial charge in [0.15, 0.2) is 5.11 Å². The first-order valence-electron chi connectivity index (χ1n) is 8.47. The monoisotopic (exact) mass is 361 g/mol. The van der Waals surface area contributed by atoms with Crippen LogP contribution in [-0.2, 0) is 13.6 Å². The molecule has 1 N–H and O–H groups in total. The van der Waals surface area contributed by atoms with Crippen LogP contribution in [0, 0.1) is 19.7 Å². The minimum atomic E-state index is -0.244. The van der Waals surface area contributed by atoms with Crippen LogP contribution in [0.3, 0.4) is 0 Å². The number of aryl methyl sites for hydroxylation is 2. The fourth-order valence-electron chi connectivity index (χ4n) is 3.11. The molecule has 1 aliphatic heterocycles. The van der Waals surface area contributed by atoms with Crippen molar-refractivity contribution in [2.24, 2.45) is 7.05 Å². The number of halogens is 1. The number of hydrogen-bond donors (Lipinski definition) is 1. The summed E-state index contributed by atoms with van der Waals surface area (Å²) in [5.41, 5.74) is 4.47. The Bertz CT molecular complexity index is 748. The lowest BCUT2D eigenvalue weighted by Crippen LogP contribution is -2.49. The van der Waals surface area contributed by atoms with Crippen molar-refractivity contribution < 1.29 is 4.39 Å². The number of nitrogens with one attached hydrogen (secondary N) is 1. The minimum Gasteiger partial charge on any atom is -0.346 e. The Hall–Kier alpha value is -1.99. The Morgan fingerprint density at radius 3 is 2.36 bits per heavy atom. The molecule has 0 unspecified atom stereocenters. The summed E-state index contributed by atoms with van der Waals surface area (Å²) in [6.07, 6.45) is 0. The van der Waals surface area contributed by atoms with E-state index < -0.39 is 0 Å². The van der Waals surface area contributed by atoms with Gasteiger partial charge in [-0.3, -0.25) is 9.58 Å². The first-order chi connectivity index (χ1) is 11.9. The highest BCUT2D eigenvalue weighted by molar-refractivity contribution is 7.80. The van der Waals surface area contributed by atoms with E-state index in [4.69, 9.17) is 12.2 Å². The second-order valence-corrected chi connectivity index (χ2v) is 6.86. The van der Waals surface area contributed by atoms with Gasteiger partial charge < -0.3 is 10.2 Å². The van der Waals surface area contributed by atoms with Crippen LogP contribution in [0.4, 0.5) is 10.1 Å². The van der Waals surface area contributed by atoms with E-state index in [9.17, 15) is 4.39 Å². The lowest BCUT2D eigenvalue weighted by Gasteiger charge is -2.36. The SMILES string of the molecule is Cc1nn(C)c(C)c1CN1CCN(C(=S)Nc2ccc(F)cc2)CC1. The number of aromatic nitrogens is 2. The smallest absolute Gasteiger partial charge is 0.173 e. The second-order valence-electron chi connectivity index (χ2n) is 6.47. The van der Waals surface area contributed by atoms with Gasteiger partial charge in [0.25, 0.3) is 0 Å². The molecule has 1 saturated heterocycles. The number of thiocarbonyl (C=S) groups is 1. The maximum atomic E-state index is 13.0. The van der Waals surface area contributed by atoms with Crippen LogP contribution < -0.4 is 5.32 Å². The average Bonchev–Trinajstić information content (AvgIpc) is 2.84. The van der Waals surface area contributed by atoms with Crippen LogP contribution in [0.5, 0.6) is 0 Å². The molecule has 2 aromatic rings. The molecule has 0 saturated carbocycles. The second kappa shape index (κ2) is 7.49. The predicted octanol–water partition coefficient (Wildman–Crippen LogP) is 2.69. The van der Waals surface area contributed by atoms with Crippen molar-refractivity contribution in [1.29, 1.82) is 0 Å². The van der Waals surface area contributed by atoms with E-state index >= 15 is 0 Å². The molecular formula is C18H24FN5S. The molecule has 2 heterocycles. The van der Waals surface area contributed by atoms with E-state index in [1.165, 1.54) is 23.4 Å². The topological polar surface area (TPSA) is 36.3 Å². The Balaban J connectivity index is 1.53. The molecule has 1 aromatic heterocycles. The Morgan fingerprint density at radius 2 is 1.80 bits per heavy atom. The molecule has 1 fully saturated rings. The van der Waals surface area contributed by atoms with Crippen LogP contribution in [-0.4, -0.2) is 50.9 Å². The van der Waals surface area contributed by atoms with Gasteiger partial charge in [0.1, 0.15) is 5.82 Å². The summed E-state index contributed by atoms with van der Waals surface area (Å²) in [5, 5.41) is 8.37. The highest BCUT2D eigenvalue weighted by atomic mass is 32.1. The van der Waals surface area contributed by atoms with Gasteiger partial charge in [0, 0.05) is 56.7 Å². The van der Waals surface area contributed by atoms with Gasteiger partial charge in [-0.05, 0) is 50.3 Å². The molecule has 0 spiro atoms. The normalized spacial score (nSPS) is 15.4. The first kappa shape index (κ1) is 17.8. The summed E-state index contributed by atoms with van der Waals surface area (Å²) >= 11 is 5.49. The number of benzene rings is 1. The largest absolute Gasteiger partial charge is 0.346 e. The fraction of sp³-hybridized carbons (Fsp3) is 0.444. The summed E-state index contributed by atoms with van der Waals surface area (Å²) in [6, 6.07) is 6.26. The van der Waals surface area contributed by atoms with Crippen molar-refractivity contribution >= 4 is 23.0 Å². The zero-order chi connectivity index (χ0) is 18.0. The van der Waals surface area contributed by atoms with Crippen molar-refractivity contribution in [2.45, 2.75) is 20.4 Å². The minimum absolute atomic E-state index is 0.244. The molecule has 0 radical (unpaired) electrons. The van der Waals surface area contributed by atoms with E-state index in [1.807, 2.05) is 11.7 Å². The molecule has 0 atom stereocenters. The Morgan fingerprint density at radius 1 is 1.16 bits per heavy atom. The lowest BCUT2D eigenvalue weighted by molar-refractivity contribution is 0.176. The van der Waals surface area contributed by atoms with Crippen LogP contribution in [0.25, 0.3) is 0 Å². The maximum absolute atomic E-state index is 13.0. The zero-order valence-electron chi connectivity index (χ0n) is 14.9. The maximum Gasteiger partial charge on any atom is 0.173 e. The molecule has 3 rings (SSSR count). The fourth-order valence-corrected chi connectivity index (χ4v) is 3.42. The van der Waals surface area contributed by atoms with Crippen molar-refractivity contribution in [3.63, 3.8) is 0 Å². The lowest BCUT2D eigenvalue weighted by atomic mass is 10.1. The highest BCUT2D eigenvalue weighted by Crippen LogP contribution is 2.16. The third kappa shape index (κ3) is 4.16. The van der Waals surface area contributed by atoms with Gasteiger partial charge >= 0.3 is 0 Å². The predicted molar refractivity (Wildman–Crippen MR) is 102 cm³/mol. The van der Waals surface area contributed by atoms with Crippen molar-refractivity contribution in [2.75, 3.05) is 31.5 Å². The molecule has 0 aliphatic carbocycles. The van der Waals surface area contributed by atoms with Crippen LogP contribution >= 0.6 is 12.2 Å². The first-order valence-corrected chi connectivity index (χ1v) is 8.88. The van der Waals surface area contributed by atoms with Gasteiger partial charge in [-0.2, -0.15) is 5.10 Å². The molecule has 1 aromatic carbocycles. The van der Waals surface area contributed by atoms with E-state index in [0.717, 1.165) is 44.1 Å². The van der Waals surface area contributed by atoms with Crippen LogP contribution in [0.2, 0.25) is 0 Å². The Kier molecular flexibility index (Phi) is 5.34. The summed E-state index contributed by atoms with van der Waals surface area (Å²) in [6.45, 7) is 8.79. The summed E-state index contributed by atoms with van der Waals surface area (Å²) in [4.78, 5) is 4.60. The number of rotatable bonds is 3. The van der Waals surface area contributed by atoms with Crippen molar-refractivity contribution in [1.82, 2.24) is 19.6 Å². The zero-order valence-corrected chi connectivity index (χ0v) is 15.7. The molecule has 0 amide bonds. The van der Waals surface area contributed by atoms with E-state index in [1.54, 1.807) is 12.1 Å². The average molecular weight is 361 g/mol. The summed E-state index contributed by atoms with van der Waals surface area (Å²) in [5.74, 6) is -0.244. The highest BCUT2D eigenvalue weighted by Gasteiger charge is 2.21. The molecule has 5 nitrogen and oxygen atoms in total. The van der Waals surface area contributed by atoms with Gasteiger partial charge in [-0.1, -0.05) is 0 Å². The van der Waals surface area contributed by atoms with E-state index in [0.29, 0.717) is 5.11 Å². The van der Waals surface area contributed by atoms with Gasteiger partial charge in [-0.15, -0.1) is 0 Å². The molecule has 1 aliphatic rings. The molecule has 25 heavy (non-hydrogen) atoms. The summed E-state index contributed by atoms with van der Waals surface area (Å²) in [7, 11) is 1.99. The number of piperazine rings is 1. The molecule has 134 valence electrons. The Labute approximate surface area is 153 Å². The van der Waals surface area contributed by atoms with E-state index in [-0.39, 0.29) is 5.82 Å². The van der Waals surface area contributed by atoms with Crippen molar-refractivity contribution in [3.8, 4) is 0 Å². The number of anilines is 1. The van der Waals surface area contributed by atoms with Gasteiger partial charge in [0.2, 0.25) is 0 Å². The van der Waals surface area contributed by atoms with Crippen molar-refractivity contribution in [3.05, 3.63) is 47.0 Å². The van der Waals surface area contributed by atoms with Gasteiger partial charge in [-0.25, -0.2) is 4.39 Å². The molecule has 0 bridgehead atoms. The third-order valence-corrected chi connectivity index (χ3v) is 5.16. The standard InChI is InChI=1S/C18H24FN5S/c1-13-17(14(2)22(3)21-13)12-23-8-10-24(11-9-23)18(25)20-16-6-4-15(19)5-7-16/h4-7H,8-12H2,1-3H3,(H,20,25). The van der Waals surface area contributed by atoms with Gasteiger partial charge in [0.05, 0.1) is 5.69 Å². The van der Waals surface area contributed by atoms with Crippen LogP contribution in [0.15, 0.2) is 24.3 Å². The number of hydrogen-bond acceptors (Lipinski definition) is 3. The summed E-state index contributed by atoms with van der Waals surface area (Å²) < 4.78 is 14.9. The number of nitrogens with zero attached hydrogens (tertiary/aromatic N) is 4. The molecule has 7 heteroatoms. The van der Waals surface area contributed by atoms with Crippen LogP contribution in [0.1, 0.15) is 17.0 Å². The quantitative estimate of drug-likeness (QED) is 0.851.